The van der Waals surface area contributed by atoms with E-state index in [1.807, 2.05) is 6.07 Å². The van der Waals surface area contributed by atoms with E-state index in [4.69, 9.17) is 14.9 Å². The van der Waals surface area contributed by atoms with Crippen LogP contribution in [0.4, 0.5) is 0 Å². The summed E-state index contributed by atoms with van der Waals surface area (Å²) in [5.41, 5.74) is 5.99. The van der Waals surface area contributed by atoms with Crippen LogP contribution in [-0.4, -0.2) is 18.8 Å². The lowest BCUT2D eigenvalue weighted by Crippen LogP contribution is -2.01. The molecule has 0 unspecified atom stereocenters. The number of fused-ring (bicyclic) bond motifs is 1. The molecule has 80 valence electrons. The van der Waals surface area contributed by atoms with Crippen molar-refractivity contribution in [2.75, 3.05) is 13.7 Å². The SMILES string of the molecule is COc1cccc2c(O)c(CCN)oc12. The molecule has 0 aliphatic carbocycles. The highest BCUT2D eigenvalue weighted by Gasteiger charge is 2.15. The van der Waals surface area contributed by atoms with Gasteiger partial charge in [-0.25, -0.2) is 0 Å². The smallest absolute Gasteiger partial charge is 0.180 e. The van der Waals surface area contributed by atoms with E-state index in [0.29, 0.717) is 35.4 Å². The normalized spacial score (nSPS) is 10.8. The van der Waals surface area contributed by atoms with Crippen LogP contribution in [0, 0.1) is 0 Å². The zero-order valence-electron chi connectivity index (χ0n) is 8.49. The molecular weight excluding hydrogens is 194 g/mol. The predicted molar refractivity (Wildman–Crippen MR) is 57.2 cm³/mol. The molecule has 0 fully saturated rings. The van der Waals surface area contributed by atoms with Gasteiger partial charge in [0.15, 0.2) is 17.1 Å². The van der Waals surface area contributed by atoms with E-state index in [0.717, 1.165) is 0 Å². The maximum atomic E-state index is 9.84. The molecule has 3 N–H and O–H groups in total. The van der Waals surface area contributed by atoms with Crippen molar-refractivity contribution in [3.8, 4) is 11.5 Å². The lowest BCUT2D eigenvalue weighted by atomic mass is 10.2. The fourth-order valence-electron chi connectivity index (χ4n) is 1.59. The average molecular weight is 207 g/mol. The Hall–Kier alpha value is -1.68. The molecular formula is C11H13NO3. The first-order valence-electron chi connectivity index (χ1n) is 4.75. The fraction of sp³-hybridized carbons (Fsp3) is 0.273. The van der Waals surface area contributed by atoms with E-state index in [9.17, 15) is 5.11 Å². The first-order chi connectivity index (χ1) is 7.27. The summed E-state index contributed by atoms with van der Waals surface area (Å²) in [6.45, 7) is 0.440. The number of benzene rings is 1. The molecule has 2 rings (SSSR count). The molecule has 0 amide bonds. The third-order valence-electron chi connectivity index (χ3n) is 2.31. The number of aromatic hydroxyl groups is 1. The minimum atomic E-state index is 0.161. The molecule has 15 heavy (non-hydrogen) atoms. The number of hydrogen-bond acceptors (Lipinski definition) is 4. The number of rotatable bonds is 3. The van der Waals surface area contributed by atoms with Gasteiger partial charge in [0.25, 0.3) is 0 Å². The van der Waals surface area contributed by atoms with Gasteiger partial charge in [0.05, 0.1) is 12.5 Å². The highest BCUT2D eigenvalue weighted by Crippen LogP contribution is 2.36. The number of furan rings is 1. The van der Waals surface area contributed by atoms with Gasteiger partial charge in [0.2, 0.25) is 0 Å². The molecule has 4 nitrogen and oxygen atoms in total. The molecule has 0 saturated heterocycles. The monoisotopic (exact) mass is 207 g/mol. The quantitative estimate of drug-likeness (QED) is 0.802. The number of methoxy groups -OCH3 is 1. The zero-order valence-corrected chi connectivity index (χ0v) is 8.49. The molecule has 0 atom stereocenters. The van der Waals surface area contributed by atoms with Crippen molar-refractivity contribution in [1.82, 2.24) is 0 Å². The van der Waals surface area contributed by atoms with Gasteiger partial charge in [0, 0.05) is 6.42 Å². The van der Waals surface area contributed by atoms with Crippen molar-refractivity contribution in [3.63, 3.8) is 0 Å². The third-order valence-corrected chi connectivity index (χ3v) is 2.31. The number of para-hydroxylation sites is 1. The van der Waals surface area contributed by atoms with Crippen molar-refractivity contribution in [3.05, 3.63) is 24.0 Å². The Morgan fingerprint density at radius 1 is 1.47 bits per heavy atom. The van der Waals surface area contributed by atoms with Crippen molar-refractivity contribution in [1.29, 1.82) is 0 Å². The van der Waals surface area contributed by atoms with Crippen LogP contribution < -0.4 is 10.5 Å². The Morgan fingerprint density at radius 2 is 2.27 bits per heavy atom. The second-order valence-electron chi connectivity index (χ2n) is 3.25. The first-order valence-corrected chi connectivity index (χ1v) is 4.75. The molecule has 0 saturated carbocycles. The Balaban J connectivity index is 2.64. The van der Waals surface area contributed by atoms with Gasteiger partial charge in [-0.3, -0.25) is 0 Å². The maximum absolute atomic E-state index is 9.84. The molecule has 1 heterocycles. The van der Waals surface area contributed by atoms with Gasteiger partial charge in [-0.1, -0.05) is 6.07 Å². The summed E-state index contributed by atoms with van der Waals surface area (Å²) in [7, 11) is 1.57. The second-order valence-corrected chi connectivity index (χ2v) is 3.25. The molecule has 0 aliphatic rings. The van der Waals surface area contributed by atoms with E-state index >= 15 is 0 Å². The van der Waals surface area contributed by atoms with Gasteiger partial charge in [-0.15, -0.1) is 0 Å². The molecule has 0 bridgehead atoms. The minimum Gasteiger partial charge on any atom is -0.504 e. The van der Waals surface area contributed by atoms with Gasteiger partial charge in [-0.2, -0.15) is 0 Å². The summed E-state index contributed by atoms with van der Waals surface area (Å²) >= 11 is 0. The Morgan fingerprint density at radius 3 is 2.93 bits per heavy atom. The van der Waals surface area contributed by atoms with Crippen LogP contribution in [0.15, 0.2) is 22.6 Å². The molecule has 0 radical (unpaired) electrons. The van der Waals surface area contributed by atoms with E-state index < -0.39 is 0 Å². The van der Waals surface area contributed by atoms with Crippen molar-refractivity contribution >= 4 is 11.0 Å². The number of ether oxygens (including phenoxy) is 1. The highest BCUT2D eigenvalue weighted by atomic mass is 16.5. The molecule has 2 aromatic rings. The lowest BCUT2D eigenvalue weighted by Gasteiger charge is -1.98. The number of nitrogens with two attached hydrogens (primary N) is 1. The van der Waals surface area contributed by atoms with Gasteiger partial charge in [-0.05, 0) is 18.7 Å². The van der Waals surface area contributed by atoms with Gasteiger partial charge < -0.3 is 20.0 Å². The maximum Gasteiger partial charge on any atom is 0.180 e. The van der Waals surface area contributed by atoms with Crippen LogP contribution in [0.25, 0.3) is 11.0 Å². The van der Waals surface area contributed by atoms with Crippen LogP contribution in [0.3, 0.4) is 0 Å². The molecule has 1 aromatic heterocycles. The van der Waals surface area contributed by atoms with E-state index in [1.165, 1.54) is 0 Å². The topological polar surface area (TPSA) is 68.6 Å². The molecule has 4 heteroatoms. The minimum absolute atomic E-state index is 0.161. The van der Waals surface area contributed by atoms with Crippen molar-refractivity contribution in [2.24, 2.45) is 5.73 Å². The lowest BCUT2D eigenvalue weighted by molar-refractivity contribution is 0.404. The van der Waals surface area contributed by atoms with Crippen LogP contribution in [0.1, 0.15) is 5.76 Å². The molecule has 0 spiro atoms. The van der Waals surface area contributed by atoms with Crippen LogP contribution in [-0.2, 0) is 6.42 Å². The first kappa shape index (κ1) is 9.86. The Kier molecular flexibility index (Phi) is 2.51. The molecule has 0 aliphatic heterocycles. The largest absolute Gasteiger partial charge is 0.504 e. The predicted octanol–water partition coefficient (Wildman–Crippen LogP) is 1.65. The van der Waals surface area contributed by atoms with Crippen LogP contribution in [0.2, 0.25) is 0 Å². The zero-order chi connectivity index (χ0) is 10.8. The van der Waals surface area contributed by atoms with Crippen molar-refractivity contribution < 1.29 is 14.3 Å². The summed E-state index contributed by atoms with van der Waals surface area (Å²) in [5.74, 6) is 1.29. The average Bonchev–Trinajstić information content (AvgIpc) is 2.57. The summed E-state index contributed by atoms with van der Waals surface area (Å²) < 4.78 is 10.6. The van der Waals surface area contributed by atoms with Gasteiger partial charge in [0.1, 0.15) is 5.76 Å². The fourth-order valence-corrected chi connectivity index (χ4v) is 1.59. The Bertz CT molecular complexity index is 476. The van der Waals surface area contributed by atoms with Crippen LogP contribution >= 0.6 is 0 Å². The highest BCUT2D eigenvalue weighted by molar-refractivity contribution is 5.89. The standard InChI is InChI=1S/C11H13NO3/c1-14-9-4-2-3-7-10(13)8(5-6-12)15-11(7)9/h2-4,13H,5-6,12H2,1H3. The summed E-state index contributed by atoms with van der Waals surface area (Å²) in [5, 5.41) is 10.5. The summed E-state index contributed by atoms with van der Waals surface area (Å²) in [6, 6.07) is 5.39. The van der Waals surface area contributed by atoms with Crippen LogP contribution in [0.5, 0.6) is 11.5 Å². The van der Waals surface area contributed by atoms with E-state index in [2.05, 4.69) is 0 Å². The Labute approximate surface area is 87.2 Å². The third kappa shape index (κ3) is 1.53. The summed E-state index contributed by atoms with van der Waals surface area (Å²) in [4.78, 5) is 0. The molecule has 1 aromatic carbocycles. The second kappa shape index (κ2) is 3.82. The van der Waals surface area contributed by atoms with E-state index in [1.54, 1.807) is 19.2 Å². The number of hydrogen-bond donors (Lipinski definition) is 2. The van der Waals surface area contributed by atoms with Gasteiger partial charge >= 0.3 is 0 Å². The van der Waals surface area contributed by atoms with Crippen molar-refractivity contribution in [2.45, 2.75) is 6.42 Å². The van der Waals surface area contributed by atoms with E-state index in [-0.39, 0.29) is 5.75 Å². The summed E-state index contributed by atoms with van der Waals surface area (Å²) in [6.07, 6.45) is 0.518.